The van der Waals surface area contributed by atoms with Gasteiger partial charge >= 0.3 is 0 Å². The Morgan fingerprint density at radius 1 is 0.940 bits per heavy atom. The molecule has 1 aliphatic heterocycles. The number of ether oxygens (including phenoxy) is 2. The van der Waals surface area contributed by atoms with Crippen LogP contribution in [0.25, 0.3) is 44.5 Å². The third kappa shape index (κ3) is 7.68. The maximum Gasteiger partial charge on any atom is 0.220 e. The first-order valence-corrected chi connectivity index (χ1v) is 17.5. The fourth-order valence-corrected chi connectivity index (χ4v) is 7.19. The molecule has 2 atom stereocenters. The molecule has 260 valence electrons. The molecule has 6 rings (SSSR count). The second-order valence-corrected chi connectivity index (χ2v) is 13.4. The summed E-state index contributed by atoms with van der Waals surface area (Å²) in [5.74, 6) is 1.47. The van der Waals surface area contributed by atoms with Gasteiger partial charge in [-0.2, -0.15) is 0 Å². The van der Waals surface area contributed by atoms with Crippen molar-refractivity contribution in [2.24, 2.45) is 0 Å². The maximum absolute atomic E-state index is 11.5. The van der Waals surface area contributed by atoms with Crippen molar-refractivity contribution in [2.45, 2.75) is 45.0 Å². The molecular formula is C38H38Cl3N5O4. The minimum absolute atomic E-state index is 0.100. The number of aromatic nitrogens is 2. The average Bonchev–Trinajstić information content (AvgIpc) is 3.53. The van der Waals surface area contributed by atoms with Gasteiger partial charge in [0.1, 0.15) is 11.5 Å². The molecule has 2 unspecified atom stereocenters. The third-order valence-electron chi connectivity index (χ3n) is 8.72. The number of aliphatic hydroxyl groups is 1. The Morgan fingerprint density at radius 3 is 2.46 bits per heavy atom. The number of fused-ring (bicyclic) bond motifs is 1. The first-order valence-electron chi connectivity index (χ1n) is 16.3. The first kappa shape index (κ1) is 35.9. The molecule has 0 saturated carbocycles. The number of nitrogens with zero attached hydrogens (tertiary/aromatic N) is 2. The molecular weight excluding hydrogens is 697 g/mol. The molecule has 0 radical (unpaired) electrons. The van der Waals surface area contributed by atoms with Gasteiger partial charge in [0.25, 0.3) is 0 Å². The van der Waals surface area contributed by atoms with Gasteiger partial charge in [-0.15, -0.1) is 0 Å². The Bertz CT molecular complexity index is 2040. The Balaban J connectivity index is 1.28. The van der Waals surface area contributed by atoms with Crippen LogP contribution in [-0.4, -0.2) is 60.4 Å². The van der Waals surface area contributed by atoms with Crippen LogP contribution in [0.4, 0.5) is 0 Å². The highest BCUT2D eigenvalue weighted by molar-refractivity contribution is 6.39. The highest BCUT2D eigenvalue weighted by Crippen LogP contribution is 2.43. The smallest absolute Gasteiger partial charge is 0.220 e. The van der Waals surface area contributed by atoms with E-state index in [2.05, 4.69) is 20.9 Å². The number of aliphatic hydroxyl groups excluding tert-OH is 1. The molecule has 0 aliphatic carbocycles. The fourth-order valence-electron chi connectivity index (χ4n) is 6.26. The molecule has 1 saturated heterocycles. The SMILES string of the molecule is COc1cc(-c2nccc(-c3cccc(-c4ccc5c(OC)c(CNCC(C)O)cc(Cl)c5n4)c3Cl)c2Cl)ccc1CNCC1CCC(=O)N1. The normalized spacial score (nSPS) is 14.9. The minimum Gasteiger partial charge on any atom is -0.496 e. The number of methoxy groups -OCH3 is 2. The van der Waals surface area contributed by atoms with Gasteiger partial charge in [-0.05, 0) is 43.7 Å². The van der Waals surface area contributed by atoms with E-state index in [1.807, 2.05) is 60.7 Å². The zero-order valence-corrected chi connectivity index (χ0v) is 30.2. The standard InChI is InChI=1S/C38H38Cl3N5O4/c1-21(47)17-42-19-24-15-30(39)37-29(38(24)50-3)10-11-31(46-37)28-6-4-5-26(34(28)40)27-13-14-44-36(35(27)41)22-7-8-23(32(16-22)49-2)18-43-20-25-9-12-33(48)45-25/h4-8,10-11,13-16,21,25,42-43,47H,9,12,17-20H2,1-3H3,(H,45,48). The summed E-state index contributed by atoms with van der Waals surface area (Å²) in [4.78, 5) is 21.1. The van der Waals surface area contributed by atoms with Gasteiger partial charge in [-0.3, -0.25) is 9.78 Å². The maximum atomic E-state index is 11.5. The van der Waals surface area contributed by atoms with Crippen molar-refractivity contribution in [2.75, 3.05) is 27.3 Å². The monoisotopic (exact) mass is 733 g/mol. The lowest BCUT2D eigenvalue weighted by atomic mass is 9.99. The van der Waals surface area contributed by atoms with Crippen LogP contribution in [0.3, 0.4) is 0 Å². The summed E-state index contributed by atoms with van der Waals surface area (Å²) in [6.45, 7) is 3.91. The van der Waals surface area contributed by atoms with Gasteiger partial charge in [0.15, 0.2) is 0 Å². The van der Waals surface area contributed by atoms with E-state index in [0.717, 1.165) is 39.6 Å². The van der Waals surface area contributed by atoms with Crippen molar-refractivity contribution in [3.05, 3.63) is 93.1 Å². The average molecular weight is 735 g/mol. The van der Waals surface area contributed by atoms with E-state index in [9.17, 15) is 9.90 Å². The number of hydrogen-bond acceptors (Lipinski definition) is 8. The summed E-state index contributed by atoms with van der Waals surface area (Å²) in [6, 6.07) is 19.3. The Hall–Kier alpha value is -3.96. The number of hydrogen-bond donors (Lipinski definition) is 4. The van der Waals surface area contributed by atoms with Crippen LogP contribution >= 0.6 is 34.8 Å². The molecule has 9 nitrogen and oxygen atoms in total. The first-order chi connectivity index (χ1) is 24.2. The van der Waals surface area contributed by atoms with Crippen molar-refractivity contribution in [1.82, 2.24) is 25.9 Å². The van der Waals surface area contributed by atoms with Gasteiger partial charge in [0.05, 0.1) is 52.3 Å². The quantitative estimate of drug-likeness (QED) is 0.0987. The summed E-state index contributed by atoms with van der Waals surface area (Å²) < 4.78 is 11.5. The summed E-state index contributed by atoms with van der Waals surface area (Å²) in [5, 5.41) is 21.4. The van der Waals surface area contributed by atoms with Crippen LogP contribution in [0.5, 0.6) is 11.5 Å². The zero-order valence-electron chi connectivity index (χ0n) is 27.9. The molecule has 2 aromatic heterocycles. The van der Waals surface area contributed by atoms with Gasteiger partial charge in [0, 0.05) is 83.6 Å². The van der Waals surface area contributed by atoms with Crippen molar-refractivity contribution < 1.29 is 19.4 Å². The number of rotatable bonds is 13. The lowest BCUT2D eigenvalue weighted by Gasteiger charge is -2.16. The number of halogens is 3. The Labute approximate surface area is 306 Å². The molecule has 1 fully saturated rings. The molecule has 3 heterocycles. The van der Waals surface area contributed by atoms with Crippen LogP contribution in [0.15, 0.2) is 66.9 Å². The van der Waals surface area contributed by atoms with Gasteiger partial charge in [-0.25, -0.2) is 4.98 Å². The predicted molar refractivity (Wildman–Crippen MR) is 200 cm³/mol. The number of benzene rings is 3. The predicted octanol–water partition coefficient (Wildman–Crippen LogP) is 7.45. The number of carbonyl (C=O) groups is 1. The molecule has 1 aliphatic rings. The minimum atomic E-state index is -0.474. The number of nitrogens with one attached hydrogen (secondary N) is 3. The lowest BCUT2D eigenvalue weighted by molar-refractivity contribution is -0.119. The largest absolute Gasteiger partial charge is 0.496 e. The van der Waals surface area contributed by atoms with Crippen LogP contribution < -0.4 is 25.4 Å². The van der Waals surface area contributed by atoms with Crippen molar-refractivity contribution in [3.63, 3.8) is 0 Å². The van der Waals surface area contributed by atoms with Crippen LogP contribution in [0.2, 0.25) is 15.1 Å². The molecule has 50 heavy (non-hydrogen) atoms. The van der Waals surface area contributed by atoms with E-state index in [4.69, 9.17) is 49.3 Å². The highest BCUT2D eigenvalue weighted by atomic mass is 35.5. The van der Waals surface area contributed by atoms with E-state index in [0.29, 0.717) is 81.6 Å². The molecule has 0 spiro atoms. The van der Waals surface area contributed by atoms with E-state index in [1.54, 1.807) is 27.3 Å². The molecule has 12 heteroatoms. The van der Waals surface area contributed by atoms with Gasteiger partial charge in [-0.1, -0.05) is 65.1 Å². The Morgan fingerprint density at radius 2 is 1.72 bits per heavy atom. The van der Waals surface area contributed by atoms with Gasteiger partial charge in [0.2, 0.25) is 5.91 Å². The number of amides is 1. The van der Waals surface area contributed by atoms with E-state index < -0.39 is 6.10 Å². The third-order valence-corrected chi connectivity index (χ3v) is 9.80. The zero-order chi connectivity index (χ0) is 35.4. The van der Waals surface area contributed by atoms with Crippen molar-refractivity contribution in [1.29, 1.82) is 0 Å². The van der Waals surface area contributed by atoms with Crippen LogP contribution in [0, 0.1) is 0 Å². The topological polar surface area (TPSA) is 118 Å². The second kappa shape index (κ2) is 15.9. The van der Waals surface area contributed by atoms with Crippen LogP contribution in [-0.2, 0) is 17.9 Å². The fraction of sp³-hybridized carbons (Fsp3) is 0.289. The summed E-state index contributed by atoms with van der Waals surface area (Å²) in [5.41, 5.74) is 6.64. The van der Waals surface area contributed by atoms with Crippen LogP contribution in [0.1, 0.15) is 30.9 Å². The van der Waals surface area contributed by atoms with Gasteiger partial charge < -0.3 is 30.5 Å². The summed E-state index contributed by atoms with van der Waals surface area (Å²) >= 11 is 21.0. The lowest BCUT2D eigenvalue weighted by Crippen LogP contribution is -2.35. The van der Waals surface area contributed by atoms with Crippen molar-refractivity contribution >= 4 is 51.6 Å². The van der Waals surface area contributed by atoms with E-state index >= 15 is 0 Å². The molecule has 5 aromatic rings. The summed E-state index contributed by atoms with van der Waals surface area (Å²) in [7, 11) is 3.25. The molecule has 4 N–H and O–H groups in total. The number of pyridine rings is 2. The number of carbonyl (C=O) groups excluding carboxylic acids is 1. The molecule has 1 amide bonds. The summed E-state index contributed by atoms with van der Waals surface area (Å²) in [6.07, 6.45) is 2.65. The highest BCUT2D eigenvalue weighted by Gasteiger charge is 2.21. The van der Waals surface area contributed by atoms with Crippen molar-refractivity contribution in [3.8, 4) is 45.1 Å². The van der Waals surface area contributed by atoms with E-state index in [-0.39, 0.29) is 11.9 Å². The molecule has 0 bridgehead atoms. The second-order valence-electron chi connectivity index (χ2n) is 12.3. The van der Waals surface area contributed by atoms with E-state index in [1.165, 1.54) is 0 Å². The Kier molecular flexibility index (Phi) is 11.4. The molecule has 3 aromatic carbocycles.